The predicted molar refractivity (Wildman–Crippen MR) is 64.5 cm³/mol. The molecule has 1 aliphatic rings. The lowest BCUT2D eigenvalue weighted by Crippen LogP contribution is -2.31. The Balaban J connectivity index is 1.94. The van der Waals surface area contributed by atoms with E-state index in [1.165, 1.54) is 6.07 Å². The largest absolute Gasteiger partial charge is 0.372 e. The third-order valence-electron chi connectivity index (χ3n) is 2.97. The Bertz CT molecular complexity index is 372. The summed E-state index contributed by atoms with van der Waals surface area (Å²) in [7, 11) is 0. The average molecular weight is 288 g/mol. The molecule has 2 rings (SSSR count). The first-order valence-corrected chi connectivity index (χ1v) is 6.27. The maximum atomic E-state index is 13.5. The first-order valence-electron chi connectivity index (χ1n) is 5.48. The van der Waals surface area contributed by atoms with E-state index in [9.17, 15) is 4.39 Å². The van der Waals surface area contributed by atoms with Crippen LogP contribution in [0.4, 0.5) is 4.39 Å². The topological polar surface area (TPSA) is 35.2 Å². The van der Waals surface area contributed by atoms with E-state index in [1.54, 1.807) is 6.07 Å². The molecule has 0 amide bonds. The Morgan fingerprint density at radius 3 is 2.88 bits per heavy atom. The van der Waals surface area contributed by atoms with Gasteiger partial charge in [0.25, 0.3) is 0 Å². The number of hydrogen-bond acceptors (Lipinski definition) is 2. The number of benzene rings is 1. The molecule has 16 heavy (non-hydrogen) atoms. The molecule has 0 saturated heterocycles. The first-order chi connectivity index (χ1) is 7.66. The minimum absolute atomic E-state index is 0.0862. The monoisotopic (exact) mass is 287 g/mol. The summed E-state index contributed by atoms with van der Waals surface area (Å²) in [6.07, 6.45) is 3.18. The summed E-state index contributed by atoms with van der Waals surface area (Å²) in [4.78, 5) is 0. The van der Waals surface area contributed by atoms with E-state index >= 15 is 0 Å². The highest BCUT2D eigenvalue weighted by molar-refractivity contribution is 9.10. The van der Waals surface area contributed by atoms with Crippen molar-refractivity contribution in [3.05, 3.63) is 34.1 Å². The van der Waals surface area contributed by atoms with Gasteiger partial charge in [-0.15, -0.1) is 0 Å². The molecule has 1 saturated carbocycles. The summed E-state index contributed by atoms with van der Waals surface area (Å²) in [5, 5.41) is 0. The Hall–Kier alpha value is -0.450. The minimum atomic E-state index is -0.235. The number of halogens is 2. The van der Waals surface area contributed by atoms with E-state index in [-0.39, 0.29) is 18.0 Å². The quantitative estimate of drug-likeness (QED) is 0.928. The van der Waals surface area contributed by atoms with Gasteiger partial charge in [0.15, 0.2) is 0 Å². The molecule has 0 aliphatic heterocycles. The van der Waals surface area contributed by atoms with Gasteiger partial charge in [0.1, 0.15) is 5.82 Å². The second-order valence-corrected chi connectivity index (χ2v) is 5.10. The van der Waals surface area contributed by atoms with E-state index in [0.29, 0.717) is 12.2 Å². The standard InChI is InChI=1S/C12H15BrFNO/c13-9-5-4-8(10(14)6-9)7-16-12-3-1-2-11(12)15/h4-6,11-12H,1-3,7,15H2. The number of hydrogen-bond donors (Lipinski definition) is 1. The molecular formula is C12H15BrFNO. The molecule has 1 fully saturated rings. The third-order valence-corrected chi connectivity index (χ3v) is 3.46. The van der Waals surface area contributed by atoms with Crippen LogP contribution in [0.5, 0.6) is 0 Å². The first kappa shape index (κ1) is 12.0. The lowest BCUT2D eigenvalue weighted by atomic mass is 10.2. The Kier molecular flexibility index (Phi) is 3.95. The predicted octanol–water partition coefficient (Wildman–Crippen LogP) is 2.98. The van der Waals surface area contributed by atoms with Crippen LogP contribution in [-0.4, -0.2) is 12.1 Å². The van der Waals surface area contributed by atoms with Crippen LogP contribution in [0, 0.1) is 5.82 Å². The number of ether oxygens (including phenoxy) is 1. The zero-order valence-electron chi connectivity index (χ0n) is 8.96. The fraction of sp³-hybridized carbons (Fsp3) is 0.500. The highest BCUT2D eigenvalue weighted by Crippen LogP contribution is 2.22. The Labute approximate surface area is 103 Å². The Morgan fingerprint density at radius 1 is 1.44 bits per heavy atom. The summed E-state index contributed by atoms with van der Waals surface area (Å²) < 4.78 is 19.9. The van der Waals surface area contributed by atoms with Crippen molar-refractivity contribution < 1.29 is 9.13 Å². The van der Waals surface area contributed by atoms with Gasteiger partial charge in [0.05, 0.1) is 12.7 Å². The molecule has 4 heteroatoms. The molecule has 1 aromatic rings. The maximum Gasteiger partial charge on any atom is 0.129 e. The van der Waals surface area contributed by atoms with Crippen LogP contribution >= 0.6 is 15.9 Å². The summed E-state index contributed by atoms with van der Waals surface area (Å²) >= 11 is 3.22. The van der Waals surface area contributed by atoms with Gasteiger partial charge in [-0.1, -0.05) is 22.0 Å². The SMILES string of the molecule is NC1CCCC1OCc1ccc(Br)cc1F. The van der Waals surface area contributed by atoms with Crippen LogP contribution in [0.1, 0.15) is 24.8 Å². The summed E-state index contributed by atoms with van der Waals surface area (Å²) in [6, 6.07) is 5.11. The maximum absolute atomic E-state index is 13.5. The molecule has 2 unspecified atom stereocenters. The van der Waals surface area contributed by atoms with Gasteiger partial charge in [-0.3, -0.25) is 0 Å². The molecule has 0 bridgehead atoms. The molecule has 0 aromatic heterocycles. The molecule has 88 valence electrons. The van der Waals surface area contributed by atoms with E-state index < -0.39 is 0 Å². The van der Waals surface area contributed by atoms with Crippen molar-refractivity contribution in [1.29, 1.82) is 0 Å². The van der Waals surface area contributed by atoms with Crippen LogP contribution in [0.3, 0.4) is 0 Å². The normalized spacial score (nSPS) is 24.9. The molecule has 2 N–H and O–H groups in total. The van der Waals surface area contributed by atoms with Gasteiger partial charge in [0.2, 0.25) is 0 Å². The molecule has 1 aliphatic carbocycles. The van der Waals surface area contributed by atoms with Gasteiger partial charge >= 0.3 is 0 Å². The second kappa shape index (κ2) is 5.25. The molecule has 1 aromatic carbocycles. The van der Waals surface area contributed by atoms with Crippen LogP contribution in [0.25, 0.3) is 0 Å². The van der Waals surface area contributed by atoms with Crippen LogP contribution in [-0.2, 0) is 11.3 Å². The van der Waals surface area contributed by atoms with Crippen molar-refractivity contribution in [2.75, 3.05) is 0 Å². The van der Waals surface area contributed by atoms with Crippen LogP contribution in [0.2, 0.25) is 0 Å². The number of nitrogens with two attached hydrogens (primary N) is 1. The van der Waals surface area contributed by atoms with Crippen LogP contribution in [0.15, 0.2) is 22.7 Å². The van der Waals surface area contributed by atoms with Crippen molar-refractivity contribution in [3.63, 3.8) is 0 Å². The number of rotatable bonds is 3. The van der Waals surface area contributed by atoms with E-state index in [1.807, 2.05) is 6.07 Å². The molecule has 2 nitrogen and oxygen atoms in total. The van der Waals surface area contributed by atoms with Crippen molar-refractivity contribution in [2.45, 2.75) is 38.0 Å². The Morgan fingerprint density at radius 2 is 2.25 bits per heavy atom. The highest BCUT2D eigenvalue weighted by Gasteiger charge is 2.24. The second-order valence-electron chi connectivity index (χ2n) is 4.18. The summed E-state index contributed by atoms with van der Waals surface area (Å²) in [5.41, 5.74) is 6.46. The smallest absolute Gasteiger partial charge is 0.129 e. The van der Waals surface area contributed by atoms with Gasteiger partial charge < -0.3 is 10.5 Å². The highest BCUT2D eigenvalue weighted by atomic mass is 79.9. The molecule has 0 spiro atoms. The molecule has 0 heterocycles. The molecule has 2 atom stereocenters. The van der Waals surface area contributed by atoms with E-state index in [0.717, 1.165) is 23.7 Å². The van der Waals surface area contributed by atoms with Gasteiger partial charge in [-0.05, 0) is 31.4 Å². The summed E-state index contributed by atoms with van der Waals surface area (Å²) in [5.74, 6) is -0.235. The van der Waals surface area contributed by atoms with Crippen molar-refractivity contribution >= 4 is 15.9 Å². The lowest BCUT2D eigenvalue weighted by molar-refractivity contribution is 0.0342. The lowest BCUT2D eigenvalue weighted by Gasteiger charge is -2.16. The molecule has 0 radical (unpaired) electrons. The summed E-state index contributed by atoms with van der Waals surface area (Å²) in [6.45, 7) is 0.303. The van der Waals surface area contributed by atoms with Crippen LogP contribution < -0.4 is 5.73 Å². The van der Waals surface area contributed by atoms with Gasteiger partial charge in [-0.2, -0.15) is 0 Å². The minimum Gasteiger partial charge on any atom is -0.372 e. The van der Waals surface area contributed by atoms with Crippen molar-refractivity contribution in [2.24, 2.45) is 5.73 Å². The average Bonchev–Trinajstić information content (AvgIpc) is 2.63. The third kappa shape index (κ3) is 2.81. The van der Waals surface area contributed by atoms with E-state index in [4.69, 9.17) is 10.5 Å². The van der Waals surface area contributed by atoms with E-state index in [2.05, 4.69) is 15.9 Å². The van der Waals surface area contributed by atoms with Crippen molar-refractivity contribution in [3.8, 4) is 0 Å². The fourth-order valence-electron chi connectivity index (χ4n) is 2.00. The fourth-order valence-corrected chi connectivity index (χ4v) is 2.33. The van der Waals surface area contributed by atoms with Gasteiger partial charge in [0, 0.05) is 16.1 Å². The zero-order valence-corrected chi connectivity index (χ0v) is 10.5. The molecular weight excluding hydrogens is 273 g/mol. The van der Waals surface area contributed by atoms with Crippen molar-refractivity contribution in [1.82, 2.24) is 0 Å². The zero-order chi connectivity index (χ0) is 11.5. The van der Waals surface area contributed by atoms with Gasteiger partial charge in [-0.25, -0.2) is 4.39 Å².